The van der Waals surface area contributed by atoms with Crippen LogP contribution in [0.2, 0.25) is 0 Å². The van der Waals surface area contributed by atoms with Gasteiger partial charge in [-0.1, -0.05) is 97.1 Å². The Morgan fingerprint density at radius 1 is 0.500 bits per heavy atom. The zero-order chi connectivity index (χ0) is 18.2. The lowest BCUT2D eigenvalue weighted by molar-refractivity contribution is 0.111. The van der Waals surface area contributed by atoms with Gasteiger partial charge in [-0.2, -0.15) is 0 Å². The molecule has 0 saturated carbocycles. The molecule has 0 aromatic heterocycles. The third-order valence-electron chi connectivity index (χ3n) is 4.10. The average molecular weight is 338 g/mol. The first kappa shape index (κ1) is 17.3. The van der Waals surface area contributed by atoms with E-state index in [0.29, 0.717) is 5.56 Å². The van der Waals surface area contributed by atoms with Crippen molar-refractivity contribution >= 4 is 23.3 Å². The molecule has 4 rings (SSSR count). The summed E-state index contributed by atoms with van der Waals surface area (Å²) in [7, 11) is 0. The number of aldehydes is 2. The van der Waals surface area contributed by atoms with Crippen LogP contribution in [0.3, 0.4) is 0 Å². The highest BCUT2D eigenvalue weighted by Gasteiger charge is 1.96. The molecular formula is C24H18O2. The van der Waals surface area contributed by atoms with E-state index >= 15 is 0 Å². The Morgan fingerprint density at radius 3 is 1.81 bits per heavy atom. The molecule has 0 fully saturated rings. The molecule has 26 heavy (non-hydrogen) atoms. The lowest BCUT2D eigenvalue weighted by Crippen LogP contribution is -1.81. The standard InChI is InChI=1S/C13H10O.C11H8O/c14-10-11-6-8-13(9-7-11)12-4-2-1-3-5-12;12-8-10-6-3-5-9-4-1-2-7-11(9)10/h1-10H;1-8H. The molecule has 2 nitrogen and oxygen atoms in total. The van der Waals surface area contributed by atoms with Crippen molar-refractivity contribution < 1.29 is 9.59 Å². The Morgan fingerprint density at radius 2 is 1.12 bits per heavy atom. The molecule has 0 atom stereocenters. The van der Waals surface area contributed by atoms with Crippen LogP contribution in [0.5, 0.6) is 0 Å². The molecule has 0 aliphatic heterocycles. The zero-order valence-electron chi connectivity index (χ0n) is 14.2. The van der Waals surface area contributed by atoms with E-state index in [1.54, 1.807) is 0 Å². The topological polar surface area (TPSA) is 34.1 Å². The minimum absolute atomic E-state index is 0.713. The van der Waals surface area contributed by atoms with Gasteiger partial charge < -0.3 is 0 Å². The maximum atomic E-state index is 10.6. The van der Waals surface area contributed by atoms with Crippen molar-refractivity contribution in [3.05, 3.63) is 108 Å². The van der Waals surface area contributed by atoms with Gasteiger partial charge in [0, 0.05) is 11.1 Å². The van der Waals surface area contributed by atoms with Gasteiger partial charge in [-0.25, -0.2) is 0 Å². The molecule has 0 saturated heterocycles. The van der Waals surface area contributed by atoms with Crippen molar-refractivity contribution in [2.24, 2.45) is 0 Å². The summed E-state index contributed by atoms with van der Waals surface area (Å²) in [4.78, 5) is 21.1. The van der Waals surface area contributed by atoms with Crippen LogP contribution in [-0.2, 0) is 0 Å². The summed E-state index contributed by atoms with van der Waals surface area (Å²) in [5.74, 6) is 0. The largest absolute Gasteiger partial charge is 0.298 e. The second kappa shape index (κ2) is 8.54. The quantitative estimate of drug-likeness (QED) is 0.441. The van der Waals surface area contributed by atoms with Gasteiger partial charge in [0.1, 0.15) is 6.29 Å². The predicted octanol–water partition coefficient (Wildman–Crippen LogP) is 5.82. The fourth-order valence-electron chi connectivity index (χ4n) is 2.74. The van der Waals surface area contributed by atoms with Gasteiger partial charge in [-0.3, -0.25) is 9.59 Å². The molecule has 0 heterocycles. The second-order valence-electron chi connectivity index (χ2n) is 5.79. The number of benzene rings is 4. The van der Waals surface area contributed by atoms with E-state index in [1.807, 2.05) is 84.9 Å². The van der Waals surface area contributed by atoms with E-state index in [1.165, 1.54) is 5.56 Å². The van der Waals surface area contributed by atoms with Crippen molar-refractivity contribution in [3.63, 3.8) is 0 Å². The highest BCUT2D eigenvalue weighted by atomic mass is 16.1. The Balaban J connectivity index is 0.000000152. The van der Waals surface area contributed by atoms with Crippen LogP contribution in [0.25, 0.3) is 21.9 Å². The average Bonchev–Trinajstić information content (AvgIpc) is 2.74. The molecule has 0 amide bonds. The lowest BCUT2D eigenvalue weighted by atomic mass is 10.0. The number of hydrogen-bond acceptors (Lipinski definition) is 2. The molecule has 0 radical (unpaired) electrons. The molecule has 126 valence electrons. The predicted molar refractivity (Wildman–Crippen MR) is 107 cm³/mol. The number of rotatable bonds is 3. The summed E-state index contributed by atoms with van der Waals surface area (Å²) in [5, 5.41) is 2.14. The van der Waals surface area contributed by atoms with E-state index in [0.717, 1.165) is 34.5 Å². The molecule has 0 bridgehead atoms. The van der Waals surface area contributed by atoms with Crippen molar-refractivity contribution in [1.29, 1.82) is 0 Å². The van der Waals surface area contributed by atoms with Gasteiger partial charge in [0.05, 0.1) is 0 Å². The van der Waals surface area contributed by atoms with Gasteiger partial charge in [0.25, 0.3) is 0 Å². The molecule has 0 aliphatic rings. The normalized spacial score (nSPS) is 9.85. The summed E-state index contributed by atoms with van der Waals surface area (Å²) >= 11 is 0. The second-order valence-corrected chi connectivity index (χ2v) is 5.79. The summed E-state index contributed by atoms with van der Waals surface area (Å²) in [6.07, 6.45) is 1.75. The van der Waals surface area contributed by atoms with E-state index in [-0.39, 0.29) is 0 Å². The molecular weight excluding hydrogens is 320 g/mol. The molecule has 0 unspecified atom stereocenters. The van der Waals surface area contributed by atoms with Crippen LogP contribution in [-0.4, -0.2) is 12.6 Å². The van der Waals surface area contributed by atoms with Crippen LogP contribution in [0, 0.1) is 0 Å². The van der Waals surface area contributed by atoms with Crippen LogP contribution in [0.4, 0.5) is 0 Å². The highest BCUT2D eigenvalue weighted by Crippen LogP contribution is 2.18. The van der Waals surface area contributed by atoms with E-state index in [9.17, 15) is 9.59 Å². The third-order valence-corrected chi connectivity index (χ3v) is 4.10. The number of fused-ring (bicyclic) bond motifs is 1. The van der Waals surface area contributed by atoms with Crippen LogP contribution in [0.1, 0.15) is 20.7 Å². The number of hydrogen-bond donors (Lipinski definition) is 0. The molecule has 0 aliphatic carbocycles. The number of carbonyl (C=O) groups is 2. The lowest BCUT2D eigenvalue weighted by Gasteiger charge is -2.00. The van der Waals surface area contributed by atoms with Gasteiger partial charge in [-0.05, 0) is 21.9 Å². The van der Waals surface area contributed by atoms with Gasteiger partial charge in [0.15, 0.2) is 6.29 Å². The maximum Gasteiger partial charge on any atom is 0.150 e. The molecule has 4 aromatic carbocycles. The molecule has 2 heteroatoms. The first-order valence-corrected chi connectivity index (χ1v) is 8.35. The SMILES string of the molecule is O=Cc1ccc(-c2ccccc2)cc1.O=Cc1cccc2ccccc12. The summed E-state index contributed by atoms with van der Waals surface area (Å²) in [6.45, 7) is 0. The van der Waals surface area contributed by atoms with E-state index < -0.39 is 0 Å². The van der Waals surface area contributed by atoms with Gasteiger partial charge in [-0.15, -0.1) is 0 Å². The Hall–Kier alpha value is -3.52. The molecule has 0 N–H and O–H groups in total. The van der Waals surface area contributed by atoms with Crippen LogP contribution in [0.15, 0.2) is 97.1 Å². The fourth-order valence-corrected chi connectivity index (χ4v) is 2.74. The molecule has 0 spiro atoms. The smallest absolute Gasteiger partial charge is 0.150 e. The minimum Gasteiger partial charge on any atom is -0.298 e. The monoisotopic (exact) mass is 338 g/mol. The van der Waals surface area contributed by atoms with Gasteiger partial charge in [0.2, 0.25) is 0 Å². The fraction of sp³-hybridized carbons (Fsp3) is 0. The zero-order valence-corrected chi connectivity index (χ0v) is 14.2. The van der Waals surface area contributed by atoms with Crippen molar-refractivity contribution in [2.75, 3.05) is 0 Å². The van der Waals surface area contributed by atoms with Crippen molar-refractivity contribution in [2.45, 2.75) is 0 Å². The first-order valence-electron chi connectivity index (χ1n) is 8.35. The Bertz CT molecular complexity index is 998. The molecule has 4 aromatic rings. The first-order chi connectivity index (χ1) is 12.8. The highest BCUT2D eigenvalue weighted by molar-refractivity contribution is 5.97. The Labute approximate surface area is 152 Å². The maximum absolute atomic E-state index is 10.6. The summed E-state index contributed by atoms with van der Waals surface area (Å²) in [6, 6.07) is 31.3. The van der Waals surface area contributed by atoms with Crippen LogP contribution < -0.4 is 0 Å². The third kappa shape index (κ3) is 4.11. The minimum atomic E-state index is 0.713. The van der Waals surface area contributed by atoms with Crippen molar-refractivity contribution in [1.82, 2.24) is 0 Å². The Kier molecular flexibility index (Phi) is 5.69. The summed E-state index contributed by atoms with van der Waals surface area (Å²) in [5.41, 5.74) is 3.78. The van der Waals surface area contributed by atoms with Crippen molar-refractivity contribution in [3.8, 4) is 11.1 Å². The van der Waals surface area contributed by atoms with Crippen LogP contribution >= 0.6 is 0 Å². The van der Waals surface area contributed by atoms with Gasteiger partial charge >= 0.3 is 0 Å². The van der Waals surface area contributed by atoms with E-state index in [4.69, 9.17) is 0 Å². The number of carbonyl (C=O) groups excluding carboxylic acids is 2. The van der Waals surface area contributed by atoms with E-state index in [2.05, 4.69) is 12.1 Å². The summed E-state index contributed by atoms with van der Waals surface area (Å²) < 4.78 is 0.